The van der Waals surface area contributed by atoms with Crippen LogP contribution < -0.4 is 10.6 Å². The molecule has 2 aromatic rings. The van der Waals surface area contributed by atoms with Gasteiger partial charge in [0.05, 0.1) is 0 Å². The summed E-state index contributed by atoms with van der Waals surface area (Å²) in [7, 11) is 0. The van der Waals surface area contributed by atoms with Crippen molar-refractivity contribution in [2.24, 2.45) is 5.73 Å². The van der Waals surface area contributed by atoms with Crippen LogP contribution in [0.2, 0.25) is 0 Å². The summed E-state index contributed by atoms with van der Waals surface area (Å²) in [6.45, 7) is 7.21. The summed E-state index contributed by atoms with van der Waals surface area (Å²) in [5, 5.41) is 0. The highest BCUT2D eigenvalue weighted by molar-refractivity contribution is 7.12. The van der Waals surface area contributed by atoms with Gasteiger partial charge in [-0.1, -0.05) is 17.7 Å². The number of anilines is 1. The zero-order chi connectivity index (χ0) is 14.1. The molecule has 20 heavy (non-hydrogen) atoms. The van der Waals surface area contributed by atoms with E-state index in [2.05, 4.69) is 43.0 Å². The predicted octanol–water partition coefficient (Wildman–Crippen LogP) is 3.78. The molecule has 1 aromatic heterocycles. The lowest BCUT2D eigenvalue weighted by molar-refractivity contribution is 0.690. The minimum absolute atomic E-state index is 0.654. The molecule has 0 aliphatic carbocycles. The maximum atomic E-state index is 5.76. The molecule has 1 aliphatic heterocycles. The van der Waals surface area contributed by atoms with Crippen molar-refractivity contribution in [3.05, 3.63) is 50.7 Å². The van der Waals surface area contributed by atoms with Gasteiger partial charge < -0.3 is 10.6 Å². The molecule has 0 saturated heterocycles. The highest BCUT2D eigenvalue weighted by atomic mass is 32.1. The van der Waals surface area contributed by atoms with Gasteiger partial charge in [0.25, 0.3) is 0 Å². The van der Waals surface area contributed by atoms with Crippen LogP contribution in [0.1, 0.15) is 32.9 Å². The molecule has 2 N–H and O–H groups in total. The maximum absolute atomic E-state index is 5.76. The van der Waals surface area contributed by atoms with E-state index in [1.165, 1.54) is 45.0 Å². The molecule has 0 fully saturated rings. The molecule has 1 aliphatic rings. The smallest absolute Gasteiger partial charge is 0.0440 e. The van der Waals surface area contributed by atoms with Crippen LogP contribution in [0.25, 0.3) is 0 Å². The van der Waals surface area contributed by atoms with Crippen LogP contribution in [0.5, 0.6) is 0 Å². The first kappa shape index (κ1) is 13.7. The lowest BCUT2D eigenvalue weighted by Crippen LogP contribution is -2.28. The van der Waals surface area contributed by atoms with Crippen LogP contribution in [0.3, 0.4) is 0 Å². The van der Waals surface area contributed by atoms with E-state index < -0.39 is 0 Å². The van der Waals surface area contributed by atoms with Crippen LogP contribution in [0.15, 0.2) is 24.3 Å². The summed E-state index contributed by atoms with van der Waals surface area (Å²) in [4.78, 5) is 5.22. The highest BCUT2D eigenvalue weighted by Crippen LogP contribution is 2.31. The monoisotopic (exact) mass is 286 g/mol. The molecular weight excluding hydrogens is 264 g/mol. The first-order valence-electron chi connectivity index (χ1n) is 7.30. The third-order valence-electron chi connectivity index (χ3n) is 4.08. The third-order valence-corrected chi connectivity index (χ3v) is 5.20. The molecule has 0 atom stereocenters. The second-order valence-electron chi connectivity index (χ2n) is 5.66. The number of thiophene rings is 1. The number of nitrogens with two attached hydrogens (primary N) is 1. The van der Waals surface area contributed by atoms with E-state index in [9.17, 15) is 0 Å². The Labute approximate surface area is 125 Å². The van der Waals surface area contributed by atoms with Gasteiger partial charge in [-0.05, 0) is 49.9 Å². The molecule has 0 radical (unpaired) electrons. The van der Waals surface area contributed by atoms with Crippen LogP contribution >= 0.6 is 11.3 Å². The van der Waals surface area contributed by atoms with E-state index in [-0.39, 0.29) is 0 Å². The Morgan fingerprint density at radius 2 is 2.10 bits per heavy atom. The Kier molecular flexibility index (Phi) is 3.81. The van der Waals surface area contributed by atoms with Gasteiger partial charge >= 0.3 is 0 Å². The summed E-state index contributed by atoms with van der Waals surface area (Å²) < 4.78 is 0. The SMILES string of the molecule is Cc1ccc2c(c1)CCCN2Cc1cc(CN)sc1C. The van der Waals surface area contributed by atoms with Gasteiger partial charge in [-0.2, -0.15) is 0 Å². The van der Waals surface area contributed by atoms with E-state index in [1.807, 2.05) is 11.3 Å². The van der Waals surface area contributed by atoms with Crippen molar-refractivity contribution in [1.82, 2.24) is 0 Å². The minimum Gasteiger partial charge on any atom is -0.367 e. The molecule has 0 saturated carbocycles. The number of aryl methyl sites for hydroxylation is 3. The number of hydrogen-bond acceptors (Lipinski definition) is 3. The van der Waals surface area contributed by atoms with Crippen molar-refractivity contribution < 1.29 is 0 Å². The molecule has 0 unspecified atom stereocenters. The van der Waals surface area contributed by atoms with Crippen LogP contribution in [-0.4, -0.2) is 6.54 Å². The molecule has 3 heteroatoms. The molecule has 106 valence electrons. The second-order valence-corrected chi connectivity index (χ2v) is 7.00. The summed E-state index contributed by atoms with van der Waals surface area (Å²) in [5.74, 6) is 0. The van der Waals surface area contributed by atoms with Crippen molar-refractivity contribution in [1.29, 1.82) is 0 Å². The van der Waals surface area contributed by atoms with Crippen molar-refractivity contribution >= 4 is 17.0 Å². The predicted molar refractivity (Wildman–Crippen MR) is 87.5 cm³/mol. The first-order chi connectivity index (χ1) is 9.67. The fourth-order valence-electron chi connectivity index (χ4n) is 3.02. The molecule has 0 amide bonds. The van der Waals surface area contributed by atoms with E-state index in [0.29, 0.717) is 6.54 Å². The summed E-state index contributed by atoms with van der Waals surface area (Å²) in [6, 6.07) is 9.13. The fraction of sp³-hybridized carbons (Fsp3) is 0.412. The average molecular weight is 286 g/mol. The van der Waals surface area contributed by atoms with Gasteiger partial charge in [0.15, 0.2) is 0 Å². The first-order valence-corrected chi connectivity index (χ1v) is 8.12. The van der Waals surface area contributed by atoms with Gasteiger partial charge in [0.2, 0.25) is 0 Å². The van der Waals surface area contributed by atoms with Gasteiger partial charge in [0, 0.05) is 35.1 Å². The van der Waals surface area contributed by atoms with Crippen LogP contribution in [-0.2, 0) is 19.5 Å². The number of benzene rings is 1. The van der Waals surface area contributed by atoms with E-state index in [4.69, 9.17) is 5.73 Å². The Morgan fingerprint density at radius 3 is 2.85 bits per heavy atom. The number of fused-ring (bicyclic) bond motifs is 1. The molecule has 0 spiro atoms. The van der Waals surface area contributed by atoms with E-state index >= 15 is 0 Å². The second kappa shape index (κ2) is 5.58. The Hall–Kier alpha value is -1.32. The topological polar surface area (TPSA) is 29.3 Å². The fourth-order valence-corrected chi connectivity index (χ4v) is 3.95. The largest absolute Gasteiger partial charge is 0.367 e. The highest BCUT2D eigenvalue weighted by Gasteiger charge is 2.18. The molecular formula is C17H22N2S. The normalized spacial score (nSPS) is 14.4. The number of nitrogens with zero attached hydrogens (tertiary/aromatic N) is 1. The minimum atomic E-state index is 0.654. The van der Waals surface area contributed by atoms with Crippen molar-refractivity contribution in [3.8, 4) is 0 Å². The number of rotatable bonds is 3. The quantitative estimate of drug-likeness (QED) is 0.930. The van der Waals surface area contributed by atoms with Crippen molar-refractivity contribution in [3.63, 3.8) is 0 Å². The molecule has 3 rings (SSSR count). The zero-order valence-corrected chi connectivity index (χ0v) is 13.1. The van der Waals surface area contributed by atoms with Gasteiger partial charge in [-0.15, -0.1) is 11.3 Å². The maximum Gasteiger partial charge on any atom is 0.0440 e. The van der Waals surface area contributed by atoms with E-state index in [0.717, 1.165) is 13.1 Å². The molecule has 2 heterocycles. The summed E-state index contributed by atoms with van der Waals surface area (Å²) >= 11 is 1.84. The van der Waals surface area contributed by atoms with Crippen molar-refractivity contribution in [2.45, 2.75) is 39.8 Å². The Morgan fingerprint density at radius 1 is 1.25 bits per heavy atom. The van der Waals surface area contributed by atoms with Crippen LogP contribution in [0, 0.1) is 13.8 Å². The zero-order valence-electron chi connectivity index (χ0n) is 12.3. The molecule has 2 nitrogen and oxygen atoms in total. The van der Waals surface area contributed by atoms with Gasteiger partial charge in [-0.3, -0.25) is 0 Å². The lowest BCUT2D eigenvalue weighted by Gasteiger charge is -2.31. The van der Waals surface area contributed by atoms with Crippen LogP contribution in [0.4, 0.5) is 5.69 Å². The Balaban J connectivity index is 1.87. The Bertz CT molecular complexity index is 615. The summed E-state index contributed by atoms with van der Waals surface area (Å²) in [6.07, 6.45) is 2.47. The van der Waals surface area contributed by atoms with Gasteiger partial charge in [-0.25, -0.2) is 0 Å². The number of hydrogen-bond donors (Lipinski definition) is 1. The standard InChI is InChI=1S/C17H22N2S/c1-12-5-6-17-14(8-12)4-3-7-19(17)11-15-9-16(10-18)20-13(15)2/h5-6,8-9H,3-4,7,10-11,18H2,1-2H3. The third kappa shape index (κ3) is 2.60. The van der Waals surface area contributed by atoms with E-state index in [1.54, 1.807) is 0 Å². The van der Waals surface area contributed by atoms with Gasteiger partial charge in [0.1, 0.15) is 0 Å². The lowest BCUT2D eigenvalue weighted by atomic mass is 9.99. The summed E-state index contributed by atoms with van der Waals surface area (Å²) in [5.41, 5.74) is 11.5. The molecule has 1 aromatic carbocycles. The van der Waals surface area contributed by atoms with Crippen molar-refractivity contribution in [2.75, 3.05) is 11.4 Å². The average Bonchev–Trinajstić information content (AvgIpc) is 2.79. The molecule has 0 bridgehead atoms.